The average molecular weight is 810 g/mol. The molecule has 57 heavy (non-hydrogen) atoms. The van der Waals surface area contributed by atoms with Crippen LogP contribution in [0.5, 0.6) is 11.5 Å². The van der Waals surface area contributed by atoms with Crippen LogP contribution in [0.3, 0.4) is 0 Å². The van der Waals surface area contributed by atoms with Crippen molar-refractivity contribution >= 4 is 33.3 Å². The summed E-state index contributed by atoms with van der Waals surface area (Å²) >= 11 is 0. The Morgan fingerprint density at radius 1 is 1.04 bits per heavy atom. The van der Waals surface area contributed by atoms with Crippen LogP contribution in [0.2, 0.25) is 0 Å². The third-order valence-electron chi connectivity index (χ3n) is 9.78. The van der Waals surface area contributed by atoms with Crippen LogP contribution in [-0.2, 0) is 26.1 Å². The molecule has 3 aromatic carbocycles. The second-order valence-corrected chi connectivity index (χ2v) is 16.2. The SMILES string of the molecule is COc1ccc(COC[C@H](C)N2C[C@@H](C)[C@H](CN(C)S(=O)(=O)c3ccc(F)cc3)OCCCCCOc3ccc(NC(=O)Nc4c(C)noc4C)cc3C2=O)cc1. The first-order valence-corrected chi connectivity index (χ1v) is 20.3. The predicted molar refractivity (Wildman–Crippen MR) is 213 cm³/mol. The molecule has 0 fully saturated rings. The summed E-state index contributed by atoms with van der Waals surface area (Å²) in [5.74, 6) is 0.233. The fourth-order valence-corrected chi connectivity index (χ4v) is 7.56. The van der Waals surface area contributed by atoms with E-state index in [1.807, 2.05) is 38.1 Å². The molecule has 14 nitrogen and oxygen atoms in total. The molecular weight excluding hydrogens is 758 g/mol. The maximum Gasteiger partial charge on any atom is 0.323 e. The van der Waals surface area contributed by atoms with Gasteiger partial charge in [-0.25, -0.2) is 17.6 Å². The van der Waals surface area contributed by atoms with Crippen molar-refractivity contribution in [3.8, 4) is 11.5 Å². The quantitative estimate of drug-likeness (QED) is 0.152. The van der Waals surface area contributed by atoms with Crippen LogP contribution in [0.1, 0.15) is 60.5 Å². The molecule has 0 saturated carbocycles. The fourth-order valence-electron chi connectivity index (χ4n) is 6.38. The second-order valence-electron chi connectivity index (χ2n) is 14.2. The number of nitrogens with zero attached hydrogens (tertiary/aromatic N) is 3. The van der Waals surface area contributed by atoms with Crippen LogP contribution in [-0.4, -0.2) is 93.9 Å². The molecule has 2 heterocycles. The number of sulfonamides is 1. The third kappa shape index (κ3) is 11.5. The number of carbonyl (C=O) groups excluding carboxylic acids is 2. The van der Waals surface area contributed by atoms with Gasteiger partial charge in [0.1, 0.15) is 28.7 Å². The molecule has 4 aromatic rings. The lowest BCUT2D eigenvalue weighted by molar-refractivity contribution is -0.0116. The van der Waals surface area contributed by atoms with E-state index in [0.717, 1.165) is 29.9 Å². The molecule has 0 spiro atoms. The molecule has 0 bridgehead atoms. The number of carbonyl (C=O) groups is 2. The van der Waals surface area contributed by atoms with Crippen molar-refractivity contribution < 1.29 is 45.9 Å². The standard InChI is InChI=1S/C41H52FN5O9S/c1-27-23-47(28(2)25-53-26-31-10-15-34(52-6)16-11-31)40(48)36-22-33(43-41(49)44-39-29(3)45-56-30(39)4)14-19-37(36)54-20-8-7-9-21-55-38(27)24-46(5)57(50,51)35-17-12-32(42)13-18-35/h10-19,22,27-28,38H,7-9,20-21,23-26H2,1-6H3,(H2,43,44,49)/t27-,28+,38+/m1/s1. The summed E-state index contributed by atoms with van der Waals surface area (Å²) in [6, 6.07) is 16.1. The van der Waals surface area contributed by atoms with Crippen molar-refractivity contribution in [2.45, 2.75) is 70.6 Å². The smallest absolute Gasteiger partial charge is 0.323 e. The summed E-state index contributed by atoms with van der Waals surface area (Å²) in [4.78, 5) is 29.5. The van der Waals surface area contributed by atoms with E-state index in [-0.39, 0.29) is 48.6 Å². The van der Waals surface area contributed by atoms with Gasteiger partial charge >= 0.3 is 6.03 Å². The van der Waals surface area contributed by atoms with Gasteiger partial charge in [-0.15, -0.1) is 0 Å². The number of methoxy groups -OCH3 is 1. The molecular formula is C41H52FN5O9S. The summed E-state index contributed by atoms with van der Waals surface area (Å²) in [7, 11) is -0.926. The third-order valence-corrected chi connectivity index (χ3v) is 11.6. The fraction of sp³-hybridized carbons (Fsp3) is 0.439. The summed E-state index contributed by atoms with van der Waals surface area (Å²) in [6.45, 7) is 8.49. The molecule has 308 valence electrons. The van der Waals surface area contributed by atoms with Gasteiger partial charge in [0, 0.05) is 38.3 Å². The van der Waals surface area contributed by atoms with Crippen molar-refractivity contribution in [3.05, 3.63) is 95.1 Å². The Balaban J connectivity index is 1.43. The number of hydrogen-bond acceptors (Lipinski definition) is 10. The zero-order chi connectivity index (χ0) is 41.1. The van der Waals surface area contributed by atoms with E-state index in [0.29, 0.717) is 54.6 Å². The number of hydrogen-bond donors (Lipinski definition) is 2. The number of ether oxygens (including phenoxy) is 4. The Kier molecular flexibility index (Phi) is 15.0. The number of urea groups is 1. The molecule has 0 radical (unpaired) electrons. The number of aryl methyl sites for hydroxylation is 2. The summed E-state index contributed by atoms with van der Waals surface area (Å²) < 4.78 is 71.1. The molecule has 1 aliphatic rings. The molecule has 1 aliphatic heterocycles. The largest absolute Gasteiger partial charge is 0.497 e. The van der Waals surface area contributed by atoms with Crippen molar-refractivity contribution in [2.75, 3.05) is 57.7 Å². The average Bonchev–Trinajstić information content (AvgIpc) is 3.51. The highest BCUT2D eigenvalue weighted by molar-refractivity contribution is 7.89. The molecule has 16 heteroatoms. The number of amides is 3. The number of rotatable bonds is 12. The van der Waals surface area contributed by atoms with Gasteiger partial charge in [0.05, 0.1) is 49.5 Å². The van der Waals surface area contributed by atoms with Crippen LogP contribution < -0.4 is 20.1 Å². The van der Waals surface area contributed by atoms with E-state index < -0.39 is 34.0 Å². The van der Waals surface area contributed by atoms with Crippen molar-refractivity contribution in [2.24, 2.45) is 5.92 Å². The van der Waals surface area contributed by atoms with E-state index in [9.17, 15) is 22.4 Å². The molecule has 5 rings (SSSR count). The number of nitrogens with one attached hydrogen (secondary N) is 2. The van der Waals surface area contributed by atoms with Gasteiger partial charge in [-0.3, -0.25) is 4.79 Å². The minimum absolute atomic E-state index is 0.0146. The molecule has 1 aromatic heterocycles. The van der Waals surface area contributed by atoms with Crippen LogP contribution >= 0.6 is 0 Å². The number of benzene rings is 3. The molecule has 3 amide bonds. The Bertz CT molecular complexity index is 2040. The number of halogens is 1. The molecule has 2 N–H and O–H groups in total. The van der Waals surface area contributed by atoms with Gasteiger partial charge in [-0.1, -0.05) is 24.2 Å². The Morgan fingerprint density at radius 3 is 2.44 bits per heavy atom. The minimum atomic E-state index is -3.99. The van der Waals surface area contributed by atoms with Crippen molar-refractivity contribution in [1.82, 2.24) is 14.4 Å². The molecule has 0 saturated heterocycles. The normalized spacial score (nSPS) is 17.6. The van der Waals surface area contributed by atoms with Crippen LogP contribution in [0.4, 0.5) is 20.6 Å². The van der Waals surface area contributed by atoms with E-state index in [2.05, 4.69) is 15.8 Å². The van der Waals surface area contributed by atoms with Gasteiger partial charge in [0.25, 0.3) is 5.91 Å². The van der Waals surface area contributed by atoms with Crippen molar-refractivity contribution in [3.63, 3.8) is 0 Å². The van der Waals surface area contributed by atoms with E-state index in [4.69, 9.17) is 23.5 Å². The van der Waals surface area contributed by atoms with Gasteiger partial charge in [0.15, 0.2) is 5.76 Å². The number of likely N-dealkylation sites (N-methyl/N-ethyl adjacent to an activating group) is 1. The van der Waals surface area contributed by atoms with Gasteiger partial charge < -0.3 is 39.0 Å². The Morgan fingerprint density at radius 2 is 1.75 bits per heavy atom. The summed E-state index contributed by atoms with van der Waals surface area (Å²) in [6.07, 6.45) is 1.53. The van der Waals surface area contributed by atoms with E-state index in [1.165, 1.54) is 23.5 Å². The van der Waals surface area contributed by atoms with Crippen LogP contribution in [0, 0.1) is 25.6 Å². The van der Waals surface area contributed by atoms with E-state index >= 15 is 0 Å². The topological polar surface area (TPSA) is 162 Å². The number of aromatic nitrogens is 1. The minimum Gasteiger partial charge on any atom is -0.497 e. The zero-order valence-electron chi connectivity index (χ0n) is 33.2. The van der Waals surface area contributed by atoms with Crippen molar-refractivity contribution in [1.29, 1.82) is 0 Å². The van der Waals surface area contributed by atoms with Gasteiger partial charge in [-0.05, 0) is 100 Å². The van der Waals surface area contributed by atoms with Crippen LogP contribution in [0.25, 0.3) is 0 Å². The molecule has 3 atom stereocenters. The monoisotopic (exact) mass is 809 g/mol. The van der Waals surface area contributed by atoms with Crippen LogP contribution in [0.15, 0.2) is 76.1 Å². The summed E-state index contributed by atoms with van der Waals surface area (Å²) in [5, 5.41) is 9.43. The first kappa shape index (κ1) is 43.1. The predicted octanol–water partition coefficient (Wildman–Crippen LogP) is 7.04. The number of fused-ring (bicyclic) bond motifs is 1. The first-order valence-electron chi connectivity index (χ1n) is 18.9. The first-order chi connectivity index (χ1) is 27.3. The highest BCUT2D eigenvalue weighted by atomic mass is 32.2. The van der Waals surface area contributed by atoms with E-state index in [1.54, 1.807) is 44.1 Å². The second kappa shape index (κ2) is 19.9. The highest BCUT2D eigenvalue weighted by Crippen LogP contribution is 2.29. The Hall–Kier alpha value is -5.03. The lowest BCUT2D eigenvalue weighted by atomic mass is 10.0. The summed E-state index contributed by atoms with van der Waals surface area (Å²) in [5.41, 5.74) is 2.46. The van der Waals surface area contributed by atoms with Gasteiger partial charge in [0.2, 0.25) is 10.0 Å². The number of anilines is 2. The highest BCUT2D eigenvalue weighted by Gasteiger charge is 2.32. The maximum atomic E-state index is 14.8. The molecule has 0 unspecified atom stereocenters. The zero-order valence-corrected chi connectivity index (χ0v) is 34.1. The Labute approximate surface area is 333 Å². The maximum absolute atomic E-state index is 14.8. The van der Waals surface area contributed by atoms with Gasteiger partial charge in [-0.2, -0.15) is 4.31 Å². The molecule has 0 aliphatic carbocycles. The lowest BCUT2D eigenvalue weighted by Crippen LogP contribution is -2.48. The lowest BCUT2D eigenvalue weighted by Gasteiger charge is -2.36.